The Labute approximate surface area is 138 Å². The van der Waals surface area contributed by atoms with E-state index in [1.165, 1.54) is 22.0 Å². The summed E-state index contributed by atoms with van der Waals surface area (Å²) in [6.45, 7) is 10.2. The molecule has 0 saturated heterocycles. The second kappa shape index (κ2) is 6.00. The largest absolute Gasteiger partial charge is 0.463 e. The molecule has 4 heteroatoms. The average Bonchev–Trinajstić information content (AvgIpc) is 2.98. The zero-order chi connectivity index (χ0) is 16.7. The number of hydrogen-bond acceptors (Lipinski definition) is 3. The van der Waals surface area contributed by atoms with Crippen molar-refractivity contribution in [2.75, 3.05) is 0 Å². The summed E-state index contributed by atoms with van der Waals surface area (Å²) in [5, 5.41) is 1.18. The van der Waals surface area contributed by atoms with E-state index >= 15 is 0 Å². The van der Waals surface area contributed by atoms with Crippen molar-refractivity contribution < 1.29 is 9.53 Å². The van der Waals surface area contributed by atoms with E-state index in [2.05, 4.69) is 41.6 Å². The first kappa shape index (κ1) is 16.1. The van der Waals surface area contributed by atoms with Gasteiger partial charge in [0.15, 0.2) is 0 Å². The summed E-state index contributed by atoms with van der Waals surface area (Å²) in [4.78, 5) is 14.5. The number of esters is 1. The van der Waals surface area contributed by atoms with E-state index in [1.54, 1.807) is 0 Å². The van der Waals surface area contributed by atoms with Crippen molar-refractivity contribution >= 4 is 16.9 Å². The summed E-state index contributed by atoms with van der Waals surface area (Å²) < 4.78 is 7.41. The quantitative estimate of drug-likeness (QED) is 0.811. The van der Waals surface area contributed by atoms with Crippen LogP contribution in [0.15, 0.2) is 18.3 Å². The smallest absolute Gasteiger partial charge is 0.310 e. The number of fused-ring (bicyclic) bond motifs is 2. The topological polar surface area (TPSA) is 34.5 Å². The summed E-state index contributed by atoms with van der Waals surface area (Å²) in [6, 6.07) is 5.10. The molecule has 1 aliphatic rings. The number of aryl methyl sites for hydroxylation is 1. The summed E-state index contributed by atoms with van der Waals surface area (Å²) in [7, 11) is 2.04. The number of benzene rings is 1. The van der Waals surface area contributed by atoms with Crippen LogP contribution in [0.1, 0.15) is 44.4 Å². The van der Waals surface area contributed by atoms with Crippen molar-refractivity contribution in [2.45, 2.75) is 59.4 Å². The Hall–Kier alpha value is -1.81. The third kappa shape index (κ3) is 3.13. The number of aromatic nitrogens is 1. The molecule has 0 fully saturated rings. The molecule has 3 rings (SSSR count). The standard InChI is InChI=1S/C19H26N2O2/c1-12(2)21-10-14-6-17-16(8-19(22)23-13(3)4)9-20(5)18(17)7-15(14)11-21/h6-7,9,12-13H,8,10-11H2,1-5H3. The zero-order valence-corrected chi connectivity index (χ0v) is 14.7. The van der Waals surface area contributed by atoms with Gasteiger partial charge in [0.2, 0.25) is 0 Å². The summed E-state index contributed by atoms with van der Waals surface area (Å²) in [5.74, 6) is -0.156. The second-order valence-electron chi connectivity index (χ2n) is 7.12. The maximum atomic E-state index is 12.0. The van der Waals surface area contributed by atoms with Crippen LogP contribution in [0.25, 0.3) is 10.9 Å². The normalized spacial score (nSPS) is 14.9. The molecule has 1 aromatic heterocycles. The average molecular weight is 314 g/mol. The third-order valence-corrected chi connectivity index (χ3v) is 4.57. The molecule has 1 aromatic carbocycles. The van der Waals surface area contributed by atoms with Crippen LogP contribution in [0.3, 0.4) is 0 Å². The Morgan fingerprint density at radius 2 is 1.83 bits per heavy atom. The first-order valence-electron chi connectivity index (χ1n) is 8.38. The predicted molar refractivity (Wildman–Crippen MR) is 92.2 cm³/mol. The molecule has 2 heterocycles. The van der Waals surface area contributed by atoms with Gasteiger partial charge in [-0.3, -0.25) is 9.69 Å². The van der Waals surface area contributed by atoms with Crippen LogP contribution in [0.4, 0.5) is 0 Å². The zero-order valence-electron chi connectivity index (χ0n) is 14.7. The molecule has 0 aliphatic carbocycles. The lowest BCUT2D eigenvalue weighted by atomic mass is 10.0. The van der Waals surface area contributed by atoms with Gasteiger partial charge in [0.25, 0.3) is 0 Å². The lowest BCUT2D eigenvalue weighted by molar-refractivity contribution is -0.146. The number of nitrogens with zero attached hydrogens (tertiary/aromatic N) is 2. The number of carbonyl (C=O) groups excluding carboxylic acids is 1. The molecule has 23 heavy (non-hydrogen) atoms. The predicted octanol–water partition coefficient (Wildman–Crippen LogP) is 3.40. The van der Waals surface area contributed by atoms with Gasteiger partial charge in [-0.05, 0) is 56.5 Å². The minimum Gasteiger partial charge on any atom is -0.463 e. The van der Waals surface area contributed by atoms with E-state index in [1.807, 2.05) is 20.9 Å². The monoisotopic (exact) mass is 314 g/mol. The third-order valence-electron chi connectivity index (χ3n) is 4.57. The molecule has 0 N–H and O–H groups in total. The van der Waals surface area contributed by atoms with Gasteiger partial charge in [-0.1, -0.05) is 0 Å². The maximum absolute atomic E-state index is 12.0. The highest BCUT2D eigenvalue weighted by atomic mass is 16.5. The van der Waals surface area contributed by atoms with Crippen LogP contribution in [-0.2, 0) is 36.1 Å². The fourth-order valence-corrected chi connectivity index (χ4v) is 3.35. The molecule has 2 aromatic rings. The minimum atomic E-state index is -0.156. The van der Waals surface area contributed by atoms with Crippen molar-refractivity contribution in [3.8, 4) is 0 Å². The highest BCUT2D eigenvalue weighted by Crippen LogP contribution is 2.31. The minimum absolute atomic E-state index is 0.0682. The van der Waals surface area contributed by atoms with Crippen LogP contribution >= 0.6 is 0 Å². The van der Waals surface area contributed by atoms with Crippen LogP contribution < -0.4 is 0 Å². The van der Waals surface area contributed by atoms with Gasteiger partial charge in [0.05, 0.1) is 12.5 Å². The molecular formula is C19H26N2O2. The van der Waals surface area contributed by atoms with Crippen LogP contribution in [0.5, 0.6) is 0 Å². The summed E-state index contributed by atoms with van der Waals surface area (Å²) >= 11 is 0. The SMILES string of the molecule is CC(C)OC(=O)Cc1cn(C)c2cc3c(cc12)CN(C(C)C)C3. The molecule has 0 atom stereocenters. The second-order valence-corrected chi connectivity index (χ2v) is 7.12. The highest BCUT2D eigenvalue weighted by molar-refractivity contribution is 5.89. The van der Waals surface area contributed by atoms with Crippen LogP contribution in [0, 0.1) is 0 Å². The van der Waals surface area contributed by atoms with Gasteiger partial charge in [0, 0.05) is 43.3 Å². The molecule has 0 unspecified atom stereocenters. The van der Waals surface area contributed by atoms with Gasteiger partial charge in [-0.2, -0.15) is 0 Å². The number of ether oxygens (including phenoxy) is 1. The lowest BCUT2D eigenvalue weighted by Crippen LogP contribution is -2.24. The number of hydrogen-bond donors (Lipinski definition) is 0. The Balaban J connectivity index is 1.93. The molecular weight excluding hydrogens is 288 g/mol. The Morgan fingerprint density at radius 1 is 1.17 bits per heavy atom. The molecule has 0 spiro atoms. The van der Waals surface area contributed by atoms with Crippen LogP contribution in [-0.4, -0.2) is 27.6 Å². The van der Waals surface area contributed by atoms with Crippen LogP contribution in [0.2, 0.25) is 0 Å². The Morgan fingerprint density at radius 3 is 2.43 bits per heavy atom. The number of carbonyl (C=O) groups is 1. The van der Waals surface area contributed by atoms with Crippen molar-refractivity contribution in [3.05, 3.63) is 35.0 Å². The first-order chi connectivity index (χ1) is 10.8. The van der Waals surface area contributed by atoms with Crippen molar-refractivity contribution in [2.24, 2.45) is 7.05 Å². The van der Waals surface area contributed by atoms with Crippen molar-refractivity contribution in [3.63, 3.8) is 0 Å². The molecule has 0 bridgehead atoms. The van der Waals surface area contributed by atoms with E-state index in [0.29, 0.717) is 12.5 Å². The van der Waals surface area contributed by atoms with Crippen molar-refractivity contribution in [1.82, 2.24) is 9.47 Å². The van der Waals surface area contributed by atoms with E-state index < -0.39 is 0 Å². The fraction of sp³-hybridized carbons (Fsp3) is 0.526. The van der Waals surface area contributed by atoms with Gasteiger partial charge >= 0.3 is 5.97 Å². The van der Waals surface area contributed by atoms with Gasteiger partial charge < -0.3 is 9.30 Å². The molecule has 1 aliphatic heterocycles. The molecule has 0 amide bonds. The molecule has 124 valence electrons. The molecule has 0 radical (unpaired) electrons. The molecule has 0 saturated carbocycles. The lowest BCUT2D eigenvalue weighted by Gasteiger charge is -2.18. The van der Waals surface area contributed by atoms with Gasteiger partial charge in [-0.25, -0.2) is 0 Å². The fourth-order valence-electron chi connectivity index (χ4n) is 3.35. The maximum Gasteiger partial charge on any atom is 0.310 e. The molecule has 4 nitrogen and oxygen atoms in total. The van der Waals surface area contributed by atoms with E-state index in [-0.39, 0.29) is 12.1 Å². The van der Waals surface area contributed by atoms with Gasteiger partial charge in [0.1, 0.15) is 0 Å². The first-order valence-corrected chi connectivity index (χ1v) is 8.38. The summed E-state index contributed by atoms with van der Waals surface area (Å²) in [6.07, 6.45) is 2.32. The summed E-state index contributed by atoms with van der Waals surface area (Å²) in [5.41, 5.74) is 5.04. The van der Waals surface area contributed by atoms with Crippen molar-refractivity contribution in [1.29, 1.82) is 0 Å². The van der Waals surface area contributed by atoms with E-state index in [0.717, 1.165) is 18.7 Å². The Kier molecular flexibility index (Phi) is 4.19. The van der Waals surface area contributed by atoms with E-state index in [4.69, 9.17) is 4.74 Å². The highest BCUT2D eigenvalue weighted by Gasteiger charge is 2.23. The van der Waals surface area contributed by atoms with Gasteiger partial charge in [-0.15, -0.1) is 0 Å². The van der Waals surface area contributed by atoms with E-state index in [9.17, 15) is 4.79 Å². The number of rotatable bonds is 4. The Bertz CT molecular complexity index is 743.